The van der Waals surface area contributed by atoms with Crippen molar-refractivity contribution in [1.82, 2.24) is 9.29 Å². The number of nitrogens with zero attached hydrogens (tertiary/aromatic N) is 1. The highest BCUT2D eigenvalue weighted by molar-refractivity contribution is 7.89. The first-order valence-corrected chi connectivity index (χ1v) is 12.8. The molecule has 4 aromatic rings. The number of thiophene rings is 1. The third-order valence-electron chi connectivity index (χ3n) is 5.48. The summed E-state index contributed by atoms with van der Waals surface area (Å²) in [7, 11) is -1.49. The van der Waals surface area contributed by atoms with Gasteiger partial charge in [-0.05, 0) is 41.8 Å². The minimum absolute atomic E-state index is 0.113. The summed E-state index contributed by atoms with van der Waals surface area (Å²) in [5.74, 6) is 0.815. The van der Waals surface area contributed by atoms with Gasteiger partial charge in [-0.1, -0.05) is 12.1 Å². The number of fused-ring (bicyclic) bond motifs is 1. The second kappa shape index (κ2) is 9.96. The van der Waals surface area contributed by atoms with Gasteiger partial charge in [0.25, 0.3) is 5.56 Å². The van der Waals surface area contributed by atoms with Crippen molar-refractivity contribution in [1.29, 1.82) is 0 Å². The average Bonchev–Trinajstić information content (AvgIpc) is 3.36. The van der Waals surface area contributed by atoms with Crippen molar-refractivity contribution < 1.29 is 31.1 Å². The molecule has 190 valence electrons. The first kappa shape index (κ1) is 25.7. The van der Waals surface area contributed by atoms with Gasteiger partial charge in [0, 0.05) is 35.0 Å². The topological polar surface area (TPSA) is 88.7 Å². The highest BCUT2D eigenvalue weighted by Crippen LogP contribution is 2.33. The Balaban J connectivity index is 1.79. The van der Waals surface area contributed by atoms with Crippen LogP contribution in [0, 0.1) is 0 Å². The number of H-pyrrole nitrogens is 1. The van der Waals surface area contributed by atoms with Crippen molar-refractivity contribution in [2.75, 3.05) is 14.2 Å². The van der Waals surface area contributed by atoms with Crippen LogP contribution >= 0.6 is 11.3 Å². The minimum Gasteiger partial charge on any atom is -0.493 e. The van der Waals surface area contributed by atoms with Gasteiger partial charge in [-0.15, -0.1) is 11.3 Å². The zero-order valence-corrected chi connectivity index (χ0v) is 20.8. The van der Waals surface area contributed by atoms with E-state index in [1.807, 2.05) is 0 Å². The van der Waals surface area contributed by atoms with E-state index >= 15 is 0 Å². The molecule has 0 spiro atoms. The van der Waals surface area contributed by atoms with Gasteiger partial charge in [-0.2, -0.15) is 17.5 Å². The fourth-order valence-corrected chi connectivity index (χ4v) is 5.91. The van der Waals surface area contributed by atoms with E-state index in [4.69, 9.17) is 9.47 Å². The average molecular weight is 539 g/mol. The van der Waals surface area contributed by atoms with Crippen molar-refractivity contribution in [3.63, 3.8) is 0 Å². The van der Waals surface area contributed by atoms with Gasteiger partial charge >= 0.3 is 6.18 Å². The maximum atomic E-state index is 13.5. The zero-order chi connectivity index (χ0) is 26.1. The maximum Gasteiger partial charge on any atom is 0.416 e. The van der Waals surface area contributed by atoms with Gasteiger partial charge in [0.1, 0.15) is 0 Å². The zero-order valence-electron chi connectivity index (χ0n) is 19.1. The van der Waals surface area contributed by atoms with Crippen molar-refractivity contribution in [2.24, 2.45) is 0 Å². The van der Waals surface area contributed by atoms with Crippen LogP contribution < -0.4 is 15.0 Å². The van der Waals surface area contributed by atoms with Crippen molar-refractivity contribution in [3.05, 3.63) is 86.3 Å². The van der Waals surface area contributed by atoms with E-state index in [9.17, 15) is 26.4 Å². The number of aromatic nitrogens is 1. The van der Waals surface area contributed by atoms with E-state index in [0.29, 0.717) is 33.3 Å². The number of nitrogens with one attached hydrogen (secondary N) is 1. The molecule has 0 aliphatic carbocycles. The summed E-state index contributed by atoms with van der Waals surface area (Å²) in [4.78, 5) is 15.7. The molecule has 0 radical (unpaired) electrons. The van der Waals surface area contributed by atoms with Crippen LogP contribution in [0.25, 0.3) is 10.9 Å². The molecule has 2 aromatic heterocycles. The van der Waals surface area contributed by atoms with Crippen LogP contribution in [0.1, 0.15) is 16.0 Å². The molecule has 0 aliphatic rings. The second-order valence-electron chi connectivity index (χ2n) is 7.80. The van der Waals surface area contributed by atoms with Gasteiger partial charge in [-0.25, -0.2) is 8.42 Å². The molecule has 36 heavy (non-hydrogen) atoms. The van der Waals surface area contributed by atoms with E-state index in [-0.39, 0.29) is 18.7 Å². The molecule has 0 unspecified atom stereocenters. The standard InChI is InChI=1S/C24H21F3N2O5S2/c1-33-21-10-15-9-16(23(30)28-20(15)12-22(21)34-2)13-29(14-18-6-4-8-35-18)36(31,32)19-7-3-5-17(11-19)24(25,26)27/h3-12H,13-14H2,1-2H3,(H,28,30). The number of rotatable bonds is 8. The van der Waals surface area contributed by atoms with Crippen LogP contribution in [-0.4, -0.2) is 31.9 Å². The third kappa shape index (κ3) is 5.25. The summed E-state index contributed by atoms with van der Waals surface area (Å²) in [6.07, 6.45) is -4.71. The molecule has 0 saturated carbocycles. The van der Waals surface area contributed by atoms with E-state index in [2.05, 4.69) is 4.98 Å². The number of sulfonamides is 1. The van der Waals surface area contributed by atoms with Crippen LogP contribution in [0.4, 0.5) is 13.2 Å². The number of hydrogen-bond donors (Lipinski definition) is 1. The van der Waals surface area contributed by atoms with E-state index in [1.165, 1.54) is 31.6 Å². The molecule has 1 N–H and O–H groups in total. The lowest BCUT2D eigenvalue weighted by molar-refractivity contribution is -0.137. The van der Waals surface area contributed by atoms with Gasteiger partial charge in [-0.3, -0.25) is 4.79 Å². The molecule has 0 saturated heterocycles. The van der Waals surface area contributed by atoms with Crippen molar-refractivity contribution in [2.45, 2.75) is 24.2 Å². The first-order chi connectivity index (χ1) is 17.0. The lowest BCUT2D eigenvalue weighted by atomic mass is 10.1. The molecule has 0 aliphatic heterocycles. The molecule has 0 atom stereocenters. The number of pyridine rings is 1. The van der Waals surface area contributed by atoms with Crippen LogP contribution in [0.15, 0.2) is 69.7 Å². The Morgan fingerprint density at radius 1 is 0.972 bits per heavy atom. The number of hydrogen-bond acceptors (Lipinski definition) is 6. The van der Waals surface area contributed by atoms with Crippen LogP contribution in [-0.2, 0) is 29.3 Å². The summed E-state index contributed by atoms with van der Waals surface area (Å²) in [5.41, 5.74) is -1.05. The van der Waals surface area contributed by atoms with E-state index < -0.39 is 32.2 Å². The maximum absolute atomic E-state index is 13.5. The van der Waals surface area contributed by atoms with Gasteiger partial charge in [0.05, 0.1) is 30.2 Å². The van der Waals surface area contributed by atoms with Crippen molar-refractivity contribution in [3.8, 4) is 11.5 Å². The SMILES string of the molecule is COc1cc2cc(CN(Cc3cccs3)S(=O)(=O)c3cccc(C(F)(F)F)c3)c(=O)[nH]c2cc1OC. The van der Waals surface area contributed by atoms with Gasteiger partial charge < -0.3 is 14.5 Å². The quantitative estimate of drug-likeness (QED) is 0.341. The Bertz CT molecular complexity index is 1550. The predicted octanol–water partition coefficient (Wildman–Crippen LogP) is 5.02. The molecule has 0 amide bonds. The molecular formula is C24H21F3N2O5S2. The molecule has 2 heterocycles. The first-order valence-electron chi connectivity index (χ1n) is 10.5. The minimum atomic E-state index is -4.71. The summed E-state index contributed by atoms with van der Waals surface area (Å²) < 4.78 is 78.3. The summed E-state index contributed by atoms with van der Waals surface area (Å²) in [6.45, 7) is -0.490. The molecule has 4 rings (SSSR count). The molecule has 12 heteroatoms. The lowest BCUT2D eigenvalue weighted by Crippen LogP contribution is -2.32. The number of alkyl halides is 3. The predicted molar refractivity (Wildman–Crippen MR) is 130 cm³/mol. The number of ether oxygens (including phenoxy) is 2. The largest absolute Gasteiger partial charge is 0.493 e. The number of benzene rings is 2. The molecule has 0 fully saturated rings. The molecular weight excluding hydrogens is 517 g/mol. The molecule has 2 aromatic carbocycles. The fourth-order valence-electron chi connectivity index (χ4n) is 3.67. The summed E-state index contributed by atoms with van der Waals surface area (Å²) in [5, 5.41) is 2.32. The van der Waals surface area contributed by atoms with E-state index in [0.717, 1.165) is 22.5 Å². The smallest absolute Gasteiger partial charge is 0.416 e. The Hall–Kier alpha value is -3.35. The number of halogens is 3. The highest BCUT2D eigenvalue weighted by Gasteiger charge is 2.33. The van der Waals surface area contributed by atoms with Crippen LogP contribution in [0.5, 0.6) is 11.5 Å². The Labute approximate surface area is 208 Å². The summed E-state index contributed by atoms with van der Waals surface area (Å²) in [6, 6.07) is 11.7. The molecule has 0 bridgehead atoms. The lowest BCUT2D eigenvalue weighted by Gasteiger charge is -2.22. The van der Waals surface area contributed by atoms with Crippen LogP contribution in [0.3, 0.4) is 0 Å². The van der Waals surface area contributed by atoms with Crippen LogP contribution in [0.2, 0.25) is 0 Å². The monoisotopic (exact) mass is 538 g/mol. The summed E-state index contributed by atoms with van der Waals surface area (Å²) >= 11 is 1.29. The number of aromatic amines is 1. The fraction of sp³-hybridized carbons (Fsp3) is 0.208. The second-order valence-corrected chi connectivity index (χ2v) is 10.8. The van der Waals surface area contributed by atoms with Gasteiger partial charge in [0.15, 0.2) is 11.5 Å². The highest BCUT2D eigenvalue weighted by atomic mass is 32.2. The normalized spacial score (nSPS) is 12.3. The third-order valence-corrected chi connectivity index (χ3v) is 8.13. The Morgan fingerprint density at radius 2 is 1.69 bits per heavy atom. The van der Waals surface area contributed by atoms with E-state index in [1.54, 1.807) is 29.6 Å². The number of methoxy groups -OCH3 is 2. The molecule has 7 nitrogen and oxygen atoms in total. The Kier molecular flexibility index (Phi) is 7.12. The Morgan fingerprint density at radius 3 is 2.33 bits per heavy atom. The van der Waals surface area contributed by atoms with Crippen molar-refractivity contribution >= 4 is 32.3 Å². The van der Waals surface area contributed by atoms with Gasteiger partial charge in [0.2, 0.25) is 10.0 Å².